The molecular formula is C15H19N6O9P. The summed E-state index contributed by atoms with van der Waals surface area (Å²) in [5, 5.41) is 29.7. The van der Waals surface area contributed by atoms with E-state index in [1.54, 1.807) is 6.07 Å². The first-order valence-electron chi connectivity index (χ1n) is 8.83. The third kappa shape index (κ3) is 4.50. The molecule has 0 spiro atoms. The van der Waals surface area contributed by atoms with E-state index in [9.17, 15) is 29.4 Å². The SMILES string of the molecule is CCOC(=O)[C@@H](OC[C@H]1O[C@@H](n2cnc3c(N)nc(C#N)nc32)[C@H](O)[C@H]1O)P(=O)(O)O. The molecule has 3 rings (SSSR count). The third-order valence-corrected chi connectivity index (χ3v) is 5.34. The van der Waals surface area contributed by atoms with Gasteiger partial charge in [-0.2, -0.15) is 15.2 Å². The highest BCUT2D eigenvalue weighted by molar-refractivity contribution is 7.53. The van der Waals surface area contributed by atoms with Crippen LogP contribution in [0, 0.1) is 11.3 Å². The summed E-state index contributed by atoms with van der Waals surface area (Å²) in [6, 6.07) is 1.73. The molecule has 0 unspecified atom stereocenters. The molecule has 1 aliphatic heterocycles. The van der Waals surface area contributed by atoms with Crippen molar-refractivity contribution in [1.29, 1.82) is 5.26 Å². The Labute approximate surface area is 174 Å². The number of nitriles is 1. The maximum Gasteiger partial charge on any atom is 0.365 e. The minimum atomic E-state index is -5.04. The second-order valence-electron chi connectivity index (χ2n) is 6.44. The molecule has 0 aromatic carbocycles. The van der Waals surface area contributed by atoms with Gasteiger partial charge in [0.2, 0.25) is 5.82 Å². The van der Waals surface area contributed by atoms with Crippen LogP contribution >= 0.6 is 7.60 Å². The van der Waals surface area contributed by atoms with Crippen LogP contribution in [0.15, 0.2) is 6.33 Å². The highest BCUT2D eigenvalue weighted by atomic mass is 31.2. The molecule has 0 bridgehead atoms. The van der Waals surface area contributed by atoms with E-state index in [4.69, 9.17) is 20.5 Å². The molecule has 0 amide bonds. The van der Waals surface area contributed by atoms with Crippen LogP contribution < -0.4 is 5.73 Å². The fourth-order valence-corrected chi connectivity index (χ4v) is 3.60. The van der Waals surface area contributed by atoms with Crippen LogP contribution in [0.1, 0.15) is 19.0 Å². The highest BCUT2D eigenvalue weighted by Crippen LogP contribution is 2.43. The number of nitrogens with zero attached hydrogens (tertiary/aromatic N) is 5. The van der Waals surface area contributed by atoms with Crippen LogP contribution in [0.2, 0.25) is 0 Å². The molecule has 0 saturated carbocycles. The first-order chi connectivity index (χ1) is 14.6. The number of fused-ring (bicyclic) bond motifs is 1. The van der Waals surface area contributed by atoms with E-state index < -0.39 is 50.6 Å². The van der Waals surface area contributed by atoms with Crippen LogP contribution in [0.4, 0.5) is 5.82 Å². The van der Waals surface area contributed by atoms with Gasteiger partial charge >= 0.3 is 13.6 Å². The Morgan fingerprint density at radius 2 is 2.13 bits per heavy atom. The summed E-state index contributed by atoms with van der Waals surface area (Å²) in [6.45, 7) is 0.658. The summed E-state index contributed by atoms with van der Waals surface area (Å²) in [4.78, 5) is 42.2. The monoisotopic (exact) mass is 458 g/mol. The number of hydrogen-bond acceptors (Lipinski definition) is 12. The zero-order valence-corrected chi connectivity index (χ0v) is 16.9. The molecule has 31 heavy (non-hydrogen) atoms. The van der Waals surface area contributed by atoms with Crippen LogP contribution in [0.25, 0.3) is 11.2 Å². The number of ether oxygens (including phenoxy) is 3. The molecule has 0 radical (unpaired) electrons. The lowest BCUT2D eigenvalue weighted by atomic mass is 10.1. The lowest BCUT2D eigenvalue weighted by molar-refractivity contribution is -0.155. The fourth-order valence-electron chi connectivity index (χ4n) is 2.97. The standard InChI is InChI=1S/C15H19N6O9P/c1-2-28-14(24)15(31(25,26)27)29-4-6-9(22)10(23)13(30-6)21-5-18-8-11(17)19-7(3-16)20-12(8)21/h5-6,9-10,13,15,22-23H,2,4H2,1H3,(H2,17,19,20)(H2,25,26,27)/t6-,9+,10-,13-,15+/m1/s1. The number of imidazole rings is 1. The maximum absolute atomic E-state index is 11.8. The van der Waals surface area contributed by atoms with Crippen LogP contribution in [-0.4, -0.2) is 82.9 Å². The van der Waals surface area contributed by atoms with Gasteiger partial charge in [-0.3, -0.25) is 9.13 Å². The van der Waals surface area contributed by atoms with Gasteiger partial charge in [-0.15, -0.1) is 0 Å². The smallest absolute Gasteiger partial charge is 0.365 e. The number of rotatable bonds is 7. The van der Waals surface area contributed by atoms with Crippen molar-refractivity contribution in [3.05, 3.63) is 12.2 Å². The van der Waals surface area contributed by atoms with Crippen molar-refractivity contribution in [2.45, 2.75) is 37.3 Å². The van der Waals surface area contributed by atoms with E-state index in [0.717, 1.165) is 0 Å². The predicted octanol–water partition coefficient (Wildman–Crippen LogP) is -2.02. The van der Waals surface area contributed by atoms with Gasteiger partial charge in [-0.25, -0.2) is 9.78 Å². The lowest BCUT2D eigenvalue weighted by Gasteiger charge is -2.20. The molecule has 6 N–H and O–H groups in total. The van der Waals surface area contributed by atoms with E-state index >= 15 is 0 Å². The summed E-state index contributed by atoms with van der Waals surface area (Å²) >= 11 is 0. The van der Waals surface area contributed by atoms with E-state index in [1.165, 1.54) is 17.8 Å². The number of aliphatic hydroxyl groups excluding tert-OH is 2. The van der Waals surface area contributed by atoms with Gasteiger partial charge in [0.1, 0.15) is 29.9 Å². The van der Waals surface area contributed by atoms with Crippen molar-refractivity contribution >= 4 is 30.5 Å². The van der Waals surface area contributed by atoms with Gasteiger partial charge in [0.15, 0.2) is 17.7 Å². The van der Waals surface area contributed by atoms with Crippen molar-refractivity contribution in [3.8, 4) is 6.07 Å². The predicted molar refractivity (Wildman–Crippen MR) is 98.8 cm³/mol. The van der Waals surface area contributed by atoms with Gasteiger partial charge in [0, 0.05) is 0 Å². The minimum Gasteiger partial charge on any atom is -0.464 e. The Balaban J connectivity index is 1.81. The number of carbonyl (C=O) groups excluding carboxylic acids is 1. The molecule has 15 nitrogen and oxygen atoms in total. The number of nitrogen functional groups attached to an aromatic ring is 1. The average Bonchev–Trinajstić information content (AvgIpc) is 3.23. The number of carbonyl (C=O) groups is 1. The Bertz CT molecular complexity index is 1070. The van der Waals surface area contributed by atoms with E-state index in [1.807, 2.05) is 0 Å². The number of aliphatic hydroxyl groups is 2. The lowest BCUT2D eigenvalue weighted by Crippen LogP contribution is -2.36. The van der Waals surface area contributed by atoms with Gasteiger partial charge in [-0.1, -0.05) is 0 Å². The molecule has 0 aliphatic carbocycles. The second-order valence-corrected chi connectivity index (χ2v) is 8.09. The Hall–Kier alpha value is -2.70. The van der Waals surface area contributed by atoms with E-state index in [-0.39, 0.29) is 29.4 Å². The van der Waals surface area contributed by atoms with Crippen molar-refractivity contribution in [3.63, 3.8) is 0 Å². The maximum atomic E-state index is 11.8. The highest BCUT2D eigenvalue weighted by Gasteiger charge is 2.46. The Kier molecular flexibility index (Phi) is 6.53. The average molecular weight is 458 g/mol. The van der Waals surface area contributed by atoms with Crippen molar-refractivity contribution in [1.82, 2.24) is 19.5 Å². The number of esters is 1. The number of hydrogen-bond donors (Lipinski definition) is 5. The van der Waals surface area contributed by atoms with Gasteiger partial charge in [0.05, 0.1) is 19.5 Å². The summed E-state index contributed by atoms with van der Waals surface area (Å²) in [5.74, 6) is -3.83. The Morgan fingerprint density at radius 1 is 1.42 bits per heavy atom. The summed E-state index contributed by atoms with van der Waals surface area (Å²) in [7, 11) is -5.04. The molecular weight excluding hydrogens is 439 g/mol. The number of nitrogens with two attached hydrogens (primary N) is 1. The van der Waals surface area contributed by atoms with Gasteiger partial charge in [0.25, 0.3) is 5.85 Å². The van der Waals surface area contributed by atoms with Crippen molar-refractivity contribution in [2.24, 2.45) is 0 Å². The normalized spacial score (nSPS) is 24.8. The zero-order chi connectivity index (χ0) is 22.9. The molecule has 1 saturated heterocycles. The van der Waals surface area contributed by atoms with Gasteiger partial charge < -0.3 is 39.9 Å². The van der Waals surface area contributed by atoms with Crippen molar-refractivity contribution in [2.75, 3.05) is 18.9 Å². The number of anilines is 1. The van der Waals surface area contributed by atoms with E-state index in [2.05, 4.69) is 19.7 Å². The molecule has 3 heterocycles. The molecule has 168 valence electrons. The summed E-state index contributed by atoms with van der Waals surface area (Å²) in [6.07, 6.45) is -4.43. The van der Waals surface area contributed by atoms with Crippen LogP contribution in [0.3, 0.4) is 0 Å². The van der Waals surface area contributed by atoms with E-state index in [0.29, 0.717) is 0 Å². The Morgan fingerprint density at radius 3 is 2.74 bits per heavy atom. The van der Waals surface area contributed by atoms with Crippen LogP contribution in [-0.2, 0) is 23.6 Å². The first-order valence-corrected chi connectivity index (χ1v) is 10.5. The molecule has 2 aromatic rings. The van der Waals surface area contributed by atoms with Gasteiger partial charge in [-0.05, 0) is 6.92 Å². The topological polar surface area (TPSA) is 236 Å². The second kappa shape index (κ2) is 8.81. The minimum absolute atomic E-state index is 0.0569. The zero-order valence-electron chi connectivity index (χ0n) is 16.0. The van der Waals surface area contributed by atoms with Crippen molar-refractivity contribution < 1.29 is 43.6 Å². The molecule has 5 atom stereocenters. The quantitative estimate of drug-likeness (QED) is 0.222. The number of aromatic nitrogens is 4. The largest absolute Gasteiger partial charge is 0.464 e. The molecule has 2 aromatic heterocycles. The molecule has 1 aliphatic rings. The van der Waals surface area contributed by atoms with Crippen LogP contribution in [0.5, 0.6) is 0 Å². The summed E-state index contributed by atoms with van der Waals surface area (Å²) in [5.41, 5.74) is 5.93. The third-order valence-electron chi connectivity index (χ3n) is 4.37. The summed E-state index contributed by atoms with van der Waals surface area (Å²) < 4.78 is 27.9. The molecule has 16 heteroatoms. The first kappa shape index (κ1) is 23.0. The molecule has 1 fully saturated rings. The fraction of sp³-hybridized carbons (Fsp3) is 0.533.